The average Bonchev–Trinajstić information content (AvgIpc) is 3.40. The zero-order valence-corrected chi connectivity index (χ0v) is 16.4. The number of thiazole rings is 1. The molecule has 0 aliphatic carbocycles. The first-order chi connectivity index (χ1) is 14.5. The van der Waals surface area contributed by atoms with Gasteiger partial charge in [0.25, 0.3) is 5.91 Å². The Morgan fingerprint density at radius 1 is 1.10 bits per heavy atom. The molecule has 3 aromatic heterocycles. The van der Waals surface area contributed by atoms with Crippen LogP contribution in [0.25, 0.3) is 22.4 Å². The standard InChI is InChI=1S/C20H14F3N5OS/c1-2-11-10(9-26-28-11)13-16(21)14(12-5-3-4-6-24-12)18(23)15(17(13)22)19(29)27-20-25-7-8-30-20/h3-9H,2H2,1H3,(H,26,28)(H,25,27,29). The summed E-state index contributed by atoms with van der Waals surface area (Å²) in [6.45, 7) is 1.77. The molecule has 0 aliphatic heterocycles. The fourth-order valence-corrected chi connectivity index (χ4v) is 3.60. The van der Waals surface area contributed by atoms with Gasteiger partial charge in [-0.05, 0) is 18.6 Å². The van der Waals surface area contributed by atoms with Crippen molar-refractivity contribution in [2.75, 3.05) is 5.32 Å². The van der Waals surface area contributed by atoms with Crippen LogP contribution in [0.1, 0.15) is 23.0 Å². The Kier molecular flexibility index (Phi) is 5.32. The van der Waals surface area contributed by atoms with Crippen molar-refractivity contribution in [1.82, 2.24) is 20.2 Å². The van der Waals surface area contributed by atoms with Gasteiger partial charge in [-0.1, -0.05) is 13.0 Å². The maximum Gasteiger partial charge on any atom is 0.263 e. The fraction of sp³-hybridized carbons (Fsp3) is 0.100. The van der Waals surface area contributed by atoms with Crippen LogP contribution in [-0.2, 0) is 6.42 Å². The Balaban J connectivity index is 2.00. The Bertz CT molecular complexity index is 1210. The molecule has 0 aliphatic rings. The van der Waals surface area contributed by atoms with E-state index in [9.17, 15) is 4.79 Å². The fourth-order valence-electron chi connectivity index (χ4n) is 3.08. The molecule has 2 N–H and O–H groups in total. The van der Waals surface area contributed by atoms with Crippen LogP contribution in [0.3, 0.4) is 0 Å². The number of hydrogen-bond acceptors (Lipinski definition) is 5. The molecule has 152 valence electrons. The van der Waals surface area contributed by atoms with Gasteiger partial charge in [-0.15, -0.1) is 11.3 Å². The molecular weight excluding hydrogens is 415 g/mol. The maximum absolute atomic E-state index is 15.5. The van der Waals surface area contributed by atoms with E-state index in [1.54, 1.807) is 18.4 Å². The Morgan fingerprint density at radius 2 is 1.90 bits per heavy atom. The minimum Gasteiger partial charge on any atom is -0.298 e. The molecule has 1 aromatic carbocycles. The van der Waals surface area contributed by atoms with Crippen molar-refractivity contribution < 1.29 is 18.0 Å². The first-order valence-corrected chi connectivity index (χ1v) is 9.76. The molecule has 0 fully saturated rings. The number of nitrogens with one attached hydrogen (secondary N) is 2. The zero-order valence-electron chi connectivity index (χ0n) is 15.5. The molecule has 4 aromatic rings. The van der Waals surface area contributed by atoms with Crippen LogP contribution in [-0.4, -0.2) is 26.1 Å². The predicted molar refractivity (Wildman–Crippen MR) is 107 cm³/mol. The summed E-state index contributed by atoms with van der Waals surface area (Å²) < 4.78 is 46.2. The number of carbonyl (C=O) groups is 1. The number of anilines is 1. The number of aryl methyl sites for hydroxylation is 1. The van der Waals surface area contributed by atoms with Crippen LogP contribution < -0.4 is 5.32 Å². The SMILES string of the molecule is CCc1[nH]ncc1-c1c(F)c(C(=O)Nc2nccs2)c(F)c(-c2ccccn2)c1F. The molecule has 0 spiro atoms. The zero-order chi connectivity index (χ0) is 21.3. The molecule has 0 bridgehead atoms. The number of aromatic nitrogens is 4. The lowest BCUT2D eigenvalue weighted by molar-refractivity contribution is 0.101. The number of aromatic amines is 1. The number of nitrogens with zero attached hydrogens (tertiary/aromatic N) is 3. The second-order valence-electron chi connectivity index (χ2n) is 6.19. The highest BCUT2D eigenvalue weighted by Crippen LogP contribution is 2.38. The summed E-state index contributed by atoms with van der Waals surface area (Å²) in [5.74, 6) is -4.91. The molecule has 4 rings (SSSR count). The van der Waals surface area contributed by atoms with Crippen LogP contribution in [0.2, 0.25) is 0 Å². The third kappa shape index (κ3) is 3.35. The number of H-pyrrole nitrogens is 1. The van der Waals surface area contributed by atoms with Gasteiger partial charge in [-0.2, -0.15) is 5.10 Å². The van der Waals surface area contributed by atoms with Crippen molar-refractivity contribution in [3.63, 3.8) is 0 Å². The van der Waals surface area contributed by atoms with Crippen LogP contribution in [0.15, 0.2) is 42.2 Å². The predicted octanol–water partition coefficient (Wildman–Crippen LogP) is 4.83. The van der Waals surface area contributed by atoms with E-state index in [0.717, 1.165) is 11.3 Å². The molecule has 1 amide bonds. The quantitative estimate of drug-likeness (QED) is 0.476. The number of rotatable bonds is 5. The van der Waals surface area contributed by atoms with Gasteiger partial charge in [0, 0.05) is 29.0 Å². The molecular formula is C20H14F3N5OS. The molecule has 6 nitrogen and oxygen atoms in total. The van der Waals surface area contributed by atoms with E-state index in [0.29, 0.717) is 12.1 Å². The lowest BCUT2D eigenvalue weighted by Crippen LogP contribution is -2.18. The molecule has 30 heavy (non-hydrogen) atoms. The Hall–Kier alpha value is -3.53. The van der Waals surface area contributed by atoms with Crippen molar-refractivity contribution >= 4 is 22.4 Å². The number of hydrogen-bond donors (Lipinski definition) is 2. The van der Waals surface area contributed by atoms with Crippen LogP contribution in [0, 0.1) is 17.5 Å². The maximum atomic E-state index is 15.5. The van der Waals surface area contributed by atoms with Gasteiger partial charge in [-0.25, -0.2) is 18.2 Å². The Labute approximate surface area is 172 Å². The topological polar surface area (TPSA) is 83.6 Å². The van der Waals surface area contributed by atoms with E-state index in [4.69, 9.17) is 0 Å². The van der Waals surface area contributed by atoms with Crippen molar-refractivity contribution in [3.05, 3.63) is 70.9 Å². The highest BCUT2D eigenvalue weighted by Gasteiger charge is 2.32. The van der Waals surface area contributed by atoms with Crippen molar-refractivity contribution in [2.45, 2.75) is 13.3 Å². The number of benzene rings is 1. The molecule has 0 atom stereocenters. The summed E-state index contributed by atoms with van der Waals surface area (Å²) in [6, 6.07) is 4.49. The van der Waals surface area contributed by atoms with Crippen LogP contribution in [0.4, 0.5) is 18.3 Å². The highest BCUT2D eigenvalue weighted by molar-refractivity contribution is 7.13. The van der Waals surface area contributed by atoms with E-state index < -0.39 is 40.0 Å². The molecule has 0 radical (unpaired) electrons. The normalized spacial score (nSPS) is 10.9. The average molecular weight is 429 g/mol. The monoisotopic (exact) mass is 429 g/mol. The smallest absolute Gasteiger partial charge is 0.263 e. The third-order valence-corrected chi connectivity index (χ3v) is 5.15. The minimum absolute atomic E-state index is 0.0707. The number of amides is 1. The number of carbonyl (C=O) groups excluding carboxylic acids is 1. The van der Waals surface area contributed by atoms with Crippen molar-refractivity contribution in [1.29, 1.82) is 0 Å². The second-order valence-corrected chi connectivity index (χ2v) is 7.08. The van der Waals surface area contributed by atoms with Crippen LogP contribution >= 0.6 is 11.3 Å². The number of pyridine rings is 1. The minimum atomic E-state index is -1.34. The summed E-state index contributed by atoms with van der Waals surface area (Å²) in [4.78, 5) is 20.6. The largest absolute Gasteiger partial charge is 0.298 e. The number of halogens is 3. The van der Waals surface area contributed by atoms with E-state index in [1.807, 2.05) is 0 Å². The molecule has 0 saturated carbocycles. The van der Waals surface area contributed by atoms with Gasteiger partial charge in [0.15, 0.2) is 10.9 Å². The summed E-state index contributed by atoms with van der Waals surface area (Å²) >= 11 is 1.08. The van der Waals surface area contributed by atoms with Gasteiger partial charge < -0.3 is 0 Å². The van der Waals surface area contributed by atoms with Gasteiger partial charge in [0.1, 0.15) is 17.2 Å². The van der Waals surface area contributed by atoms with Crippen molar-refractivity contribution in [3.8, 4) is 22.4 Å². The lowest BCUT2D eigenvalue weighted by Gasteiger charge is -2.15. The summed E-state index contributed by atoms with van der Waals surface area (Å²) in [5.41, 5.74) is -1.60. The first-order valence-electron chi connectivity index (χ1n) is 8.88. The third-order valence-electron chi connectivity index (χ3n) is 4.46. The lowest BCUT2D eigenvalue weighted by atomic mass is 9.94. The highest BCUT2D eigenvalue weighted by atomic mass is 32.1. The molecule has 10 heteroatoms. The molecule has 3 heterocycles. The summed E-state index contributed by atoms with van der Waals surface area (Å²) in [6.07, 6.45) is 4.41. The molecule has 0 unspecified atom stereocenters. The Morgan fingerprint density at radius 3 is 2.57 bits per heavy atom. The van der Waals surface area contributed by atoms with Gasteiger partial charge in [0.2, 0.25) is 0 Å². The van der Waals surface area contributed by atoms with Gasteiger partial charge in [0.05, 0.1) is 23.0 Å². The molecule has 0 saturated heterocycles. The van der Waals surface area contributed by atoms with Crippen molar-refractivity contribution in [2.24, 2.45) is 0 Å². The van der Waals surface area contributed by atoms with Gasteiger partial charge >= 0.3 is 0 Å². The second kappa shape index (κ2) is 8.07. The van der Waals surface area contributed by atoms with Crippen LogP contribution in [0.5, 0.6) is 0 Å². The van der Waals surface area contributed by atoms with E-state index in [2.05, 4.69) is 25.5 Å². The van der Waals surface area contributed by atoms with E-state index >= 15 is 13.2 Å². The first kappa shape index (κ1) is 19.8. The van der Waals surface area contributed by atoms with Gasteiger partial charge in [-0.3, -0.25) is 20.2 Å². The van der Waals surface area contributed by atoms with E-state index in [1.165, 1.54) is 30.7 Å². The van der Waals surface area contributed by atoms with E-state index in [-0.39, 0.29) is 16.4 Å². The summed E-state index contributed by atoms with van der Waals surface area (Å²) in [7, 11) is 0. The summed E-state index contributed by atoms with van der Waals surface area (Å²) in [5, 5.41) is 10.6.